The number of benzene rings is 1. The summed E-state index contributed by atoms with van der Waals surface area (Å²) in [7, 11) is 1.69. The molecule has 2 aliphatic rings. The first kappa shape index (κ1) is 15.4. The Balaban J connectivity index is 1.50. The smallest absolute Gasteiger partial charge is 0.237 e. The topological polar surface area (TPSA) is 63.7 Å². The Hall–Kier alpha value is -2.12. The number of aromatic nitrogens is 1. The summed E-state index contributed by atoms with van der Waals surface area (Å²) in [6.07, 6.45) is 1.97. The zero-order valence-corrected chi connectivity index (χ0v) is 14.3. The van der Waals surface area contributed by atoms with Crippen molar-refractivity contribution in [2.75, 3.05) is 20.4 Å². The van der Waals surface area contributed by atoms with Gasteiger partial charge in [-0.1, -0.05) is 0 Å². The zero-order chi connectivity index (χ0) is 16.5. The fourth-order valence-electron chi connectivity index (χ4n) is 3.23. The van der Waals surface area contributed by atoms with Crippen LogP contribution < -0.4 is 14.8 Å². The van der Waals surface area contributed by atoms with Gasteiger partial charge in [-0.25, -0.2) is 4.98 Å². The van der Waals surface area contributed by atoms with Crippen LogP contribution in [-0.4, -0.2) is 42.2 Å². The quantitative estimate of drug-likeness (QED) is 0.921. The van der Waals surface area contributed by atoms with Crippen LogP contribution in [0, 0.1) is 0 Å². The van der Waals surface area contributed by atoms with Gasteiger partial charge in [-0.05, 0) is 37.6 Å². The molecule has 7 heteroatoms. The Morgan fingerprint density at radius 2 is 2.29 bits per heavy atom. The number of hydrogen-bond acceptors (Lipinski definition) is 6. The van der Waals surface area contributed by atoms with Crippen LogP contribution in [0.25, 0.3) is 10.6 Å². The van der Waals surface area contributed by atoms with E-state index in [2.05, 4.69) is 15.6 Å². The van der Waals surface area contributed by atoms with Crippen molar-refractivity contribution >= 4 is 17.2 Å². The van der Waals surface area contributed by atoms with Crippen molar-refractivity contribution < 1.29 is 14.3 Å². The second kappa shape index (κ2) is 6.41. The van der Waals surface area contributed by atoms with Gasteiger partial charge in [0.05, 0.1) is 11.7 Å². The van der Waals surface area contributed by atoms with Crippen LogP contribution in [0.1, 0.15) is 18.5 Å². The molecule has 2 aromatic rings. The summed E-state index contributed by atoms with van der Waals surface area (Å²) in [6.45, 7) is 1.92. The van der Waals surface area contributed by atoms with Crippen molar-refractivity contribution in [3.63, 3.8) is 0 Å². The highest BCUT2D eigenvalue weighted by molar-refractivity contribution is 7.13. The summed E-state index contributed by atoms with van der Waals surface area (Å²) in [4.78, 5) is 18.9. The highest BCUT2D eigenvalue weighted by Gasteiger charge is 2.30. The fourth-order valence-corrected chi connectivity index (χ4v) is 4.04. The van der Waals surface area contributed by atoms with Gasteiger partial charge in [0.2, 0.25) is 12.7 Å². The van der Waals surface area contributed by atoms with Gasteiger partial charge in [0.1, 0.15) is 5.01 Å². The van der Waals surface area contributed by atoms with Gasteiger partial charge in [-0.3, -0.25) is 9.69 Å². The second-order valence-corrected chi connectivity index (χ2v) is 6.81. The molecule has 1 N–H and O–H groups in total. The number of likely N-dealkylation sites (tertiary alicyclic amines) is 1. The van der Waals surface area contributed by atoms with E-state index in [1.54, 1.807) is 18.4 Å². The molecular weight excluding hydrogens is 326 g/mol. The number of nitrogens with one attached hydrogen (secondary N) is 1. The molecule has 0 saturated carbocycles. The Labute approximate surface area is 144 Å². The predicted molar refractivity (Wildman–Crippen MR) is 91.2 cm³/mol. The number of likely N-dealkylation sites (N-methyl/N-ethyl adjacent to an activating group) is 1. The largest absolute Gasteiger partial charge is 0.454 e. The highest BCUT2D eigenvalue weighted by Crippen LogP contribution is 2.36. The fraction of sp³-hybridized carbons (Fsp3) is 0.412. The third-order valence-electron chi connectivity index (χ3n) is 4.45. The molecule has 6 nitrogen and oxygen atoms in total. The number of amides is 1. The van der Waals surface area contributed by atoms with E-state index < -0.39 is 0 Å². The van der Waals surface area contributed by atoms with E-state index in [1.807, 2.05) is 18.2 Å². The first-order chi connectivity index (χ1) is 11.7. The number of thiazole rings is 1. The SMILES string of the molecule is CNC(=O)C1CCCN1Cc1csc(-c2ccc3c(c2)OCO3)n1. The molecule has 2 aliphatic heterocycles. The predicted octanol–water partition coefficient (Wildman–Crippen LogP) is 2.25. The van der Waals surface area contributed by atoms with Gasteiger partial charge >= 0.3 is 0 Å². The Kier molecular flexibility index (Phi) is 4.12. The summed E-state index contributed by atoms with van der Waals surface area (Å²) in [6, 6.07) is 5.85. The lowest BCUT2D eigenvalue weighted by molar-refractivity contribution is -0.125. The van der Waals surface area contributed by atoms with E-state index in [0.29, 0.717) is 6.54 Å². The molecule has 0 spiro atoms. The van der Waals surface area contributed by atoms with E-state index >= 15 is 0 Å². The number of hydrogen-bond donors (Lipinski definition) is 1. The molecule has 1 unspecified atom stereocenters. The van der Waals surface area contributed by atoms with E-state index in [-0.39, 0.29) is 18.7 Å². The van der Waals surface area contributed by atoms with Crippen molar-refractivity contribution in [1.82, 2.24) is 15.2 Å². The van der Waals surface area contributed by atoms with Crippen molar-refractivity contribution in [3.8, 4) is 22.1 Å². The average Bonchev–Trinajstić information content (AvgIpc) is 3.34. The van der Waals surface area contributed by atoms with Crippen molar-refractivity contribution in [2.45, 2.75) is 25.4 Å². The molecule has 3 heterocycles. The van der Waals surface area contributed by atoms with Crippen LogP contribution in [0.15, 0.2) is 23.6 Å². The molecule has 0 bridgehead atoms. The Morgan fingerprint density at radius 1 is 1.42 bits per heavy atom. The lowest BCUT2D eigenvalue weighted by atomic mass is 10.2. The maximum absolute atomic E-state index is 12.0. The number of fused-ring (bicyclic) bond motifs is 1. The summed E-state index contributed by atoms with van der Waals surface area (Å²) in [5.74, 6) is 1.64. The minimum absolute atomic E-state index is 0.0364. The molecular formula is C17H19N3O3S. The van der Waals surface area contributed by atoms with Gasteiger partial charge in [0.15, 0.2) is 11.5 Å². The average molecular weight is 345 g/mol. The first-order valence-corrected chi connectivity index (χ1v) is 8.92. The van der Waals surface area contributed by atoms with E-state index in [0.717, 1.165) is 47.2 Å². The normalized spacial score (nSPS) is 19.6. The van der Waals surface area contributed by atoms with Crippen LogP contribution in [0.5, 0.6) is 11.5 Å². The third-order valence-corrected chi connectivity index (χ3v) is 5.39. The second-order valence-electron chi connectivity index (χ2n) is 5.95. The van der Waals surface area contributed by atoms with Crippen molar-refractivity contribution in [2.24, 2.45) is 0 Å². The minimum Gasteiger partial charge on any atom is -0.454 e. The molecule has 1 fully saturated rings. The number of carbonyl (C=O) groups excluding carboxylic acids is 1. The minimum atomic E-state index is -0.0364. The van der Waals surface area contributed by atoms with Gasteiger partial charge < -0.3 is 14.8 Å². The zero-order valence-electron chi connectivity index (χ0n) is 13.4. The van der Waals surface area contributed by atoms with Crippen LogP contribution in [0.3, 0.4) is 0 Å². The third kappa shape index (κ3) is 2.85. The van der Waals surface area contributed by atoms with Gasteiger partial charge in [0, 0.05) is 24.5 Å². The maximum atomic E-state index is 12.0. The van der Waals surface area contributed by atoms with Crippen LogP contribution >= 0.6 is 11.3 Å². The first-order valence-electron chi connectivity index (χ1n) is 8.04. The van der Waals surface area contributed by atoms with E-state index in [4.69, 9.17) is 14.5 Å². The molecule has 24 heavy (non-hydrogen) atoms. The summed E-state index contributed by atoms with van der Waals surface area (Å²) in [5.41, 5.74) is 2.03. The molecule has 4 rings (SSSR count). The summed E-state index contributed by atoms with van der Waals surface area (Å²) in [5, 5.41) is 5.78. The molecule has 1 atom stereocenters. The van der Waals surface area contributed by atoms with Gasteiger partial charge in [-0.2, -0.15) is 0 Å². The summed E-state index contributed by atoms with van der Waals surface area (Å²) >= 11 is 1.61. The number of carbonyl (C=O) groups is 1. The number of rotatable bonds is 4. The Bertz CT molecular complexity index is 761. The molecule has 1 aromatic carbocycles. The van der Waals surface area contributed by atoms with Crippen molar-refractivity contribution in [1.29, 1.82) is 0 Å². The Morgan fingerprint density at radius 3 is 3.17 bits per heavy atom. The lowest BCUT2D eigenvalue weighted by Gasteiger charge is -2.21. The van der Waals surface area contributed by atoms with E-state index in [9.17, 15) is 4.79 Å². The molecule has 1 amide bonds. The maximum Gasteiger partial charge on any atom is 0.237 e. The standard InChI is InChI=1S/C17H19N3O3S/c1-18-16(21)13-3-2-6-20(13)8-12-9-24-17(19-12)11-4-5-14-15(7-11)23-10-22-14/h4-5,7,9,13H,2-3,6,8,10H2,1H3,(H,18,21). The lowest BCUT2D eigenvalue weighted by Crippen LogP contribution is -2.41. The van der Waals surface area contributed by atoms with Crippen molar-refractivity contribution in [3.05, 3.63) is 29.3 Å². The van der Waals surface area contributed by atoms with E-state index in [1.165, 1.54) is 0 Å². The molecule has 1 aromatic heterocycles. The number of nitrogens with zero attached hydrogens (tertiary/aromatic N) is 2. The monoisotopic (exact) mass is 345 g/mol. The van der Waals surface area contributed by atoms with Gasteiger partial charge in [0.25, 0.3) is 0 Å². The molecule has 0 radical (unpaired) electrons. The molecule has 0 aliphatic carbocycles. The molecule has 1 saturated heterocycles. The van der Waals surface area contributed by atoms with Crippen LogP contribution in [-0.2, 0) is 11.3 Å². The van der Waals surface area contributed by atoms with Crippen LogP contribution in [0.2, 0.25) is 0 Å². The molecule has 126 valence electrons. The highest BCUT2D eigenvalue weighted by atomic mass is 32.1. The summed E-state index contributed by atoms with van der Waals surface area (Å²) < 4.78 is 10.8. The van der Waals surface area contributed by atoms with Gasteiger partial charge in [-0.15, -0.1) is 11.3 Å². The van der Waals surface area contributed by atoms with Crippen LogP contribution in [0.4, 0.5) is 0 Å². The number of ether oxygens (including phenoxy) is 2.